The smallest absolute Gasteiger partial charge is 0.146 e. The Hall–Kier alpha value is -2.29. The minimum absolute atomic E-state index is 0.229. The second-order valence-electron chi connectivity index (χ2n) is 5.79. The average molecular weight is 310 g/mol. The van der Waals surface area contributed by atoms with E-state index in [9.17, 15) is 4.39 Å². The molecule has 2 heterocycles. The predicted molar refractivity (Wildman–Crippen MR) is 85.9 cm³/mol. The van der Waals surface area contributed by atoms with E-state index >= 15 is 0 Å². The first-order valence-electron chi connectivity index (χ1n) is 7.78. The van der Waals surface area contributed by atoms with Gasteiger partial charge in [-0.15, -0.1) is 0 Å². The molecule has 0 radical (unpaired) electrons. The fourth-order valence-electron chi connectivity index (χ4n) is 2.79. The molecule has 118 valence electrons. The number of rotatable bonds is 4. The SMILES string of the molecule is N#Cc1ccc(CN2CCN(Cc3ncccc3F)CC2)cc1. The lowest BCUT2D eigenvalue weighted by molar-refractivity contribution is 0.120. The molecule has 23 heavy (non-hydrogen) atoms. The zero-order valence-corrected chi connectivity index (χ0v) is 13.0. The lowest BCUT2D eigenvalue weighted by Gasteiger charge is -2.34. The highest BCUT2D eigenvalue weighted by atomic mass is 19.1. The van der Waals surface area contributed by atoms with Gasteiger partial charge in [0.05, 0.1) is 17.3 Å². The molecule has 4 nitrogen and oxygen atoms in total. The Morgan fingerprint density at radius 2 is 1.65 bits per heavy atom. The summed E-state index contributed by atoms with van der Waals surface area (Å²) in [6, 6.07) is 12.9. The van der Waals surface area contributed by atoms with Gasteiger partial charge in [-0.25, -0.2) is 4.39 Å². The molecule has 0 unspecified atom stereocenters. The third-order valence-electron chi connectivity index (χ3n) is 4.16. The number of aromatic nitrogens is 1. The summed E-state index contributed by atoms with van der Waals surface area (Å²) >= 11 is 0. The lowest BCUT2D eigenvalue weighted by Crippen LogP contribution is -2.45. The van der Waals surface area contributed by atoms with Crippen LogP contribution in [-0.4, -0.2) is 41.0 Å². The second-order valence-corrected chi connectivity index (χ2v) is 5.79. The molecule has 0 saturated carbocycles. The zero-order chi connectivity index (χ0) is 16.1. The highest BCUT2D eigenvalue weighted by Gasteiger charge is 2.18. The van der Waals surface area contributed by atoms with Gasteiger partial charge >= 0.3 is 0 Å². The maximum absolute atomic E-state index is 13.6. The van der Waals surface area contributed by atoms with Crippen molar-refractivity contribution in [2.45, 2.75) is 13.1 Å². The summed E-state index contributed by atoms with van der Waals surface area (Å²) in [4.78, 5) is 8.74. The third-order valence-corrected chi connectivity index (χ3v) is 4.16. The van der Waals surface area contributed by atoms with Crippen LogP contribution in [0.15, 0.2) is 42.6 Å². The molecular formula is C18H19FN4. The van der Waals surface area contributed by atoms with Crippen LogP contribution in [0.3, 0.4) is 0 Å². The Balaban J connectivity index is 1.50. The van der Waals surface area contributed by atoms with Crippen molar-refractivity contribution >= 4 is 0 Å². The second kappa shape index (κ2) is 7.32. The summed E-state index contributed by atoms with van der Waals surface area (Å²) in [6.45, 7) is 5.18. The van der Waals surface area contributed by atoms with Gasteiger partial charge in [-0.05, 0) is 29.8 Å². The van der Waals surface area contributed by atoms with Crippen LogP contribution in [0.4, 0.5) is 4.39 Å². The minimum atomic E-state index is -0.229. The Kier molecular flexibility index (Phi) is 4.96. The highest BCUT2D eigenvalue weighted by molar-refractivity contribution is 5.31. The van der Waals surface area contributed by atoms with Crippen LogP contribution in [0, 0.1) is 17.1 Å². The molecule has 1 aromatic heterocycles. The Labute approximate surface area is 135 Å². The molecule has 0 aliphatic carbocycles. The van der Waals surface area contributed by atoms with E-state index in [-0.39, 0.29) is 5.82 Å². The fourth-order valence-corrected chi connectivity index (χ4v) is 2.79. The summed E-state index contributed by atoms with van der Waals surface area (Å²) in [5, 5.41) is 8.82. The van der Waals surface area contributed by atoms with E-state index in [1.165, 1.54) is 11.6 Å². The fraction of sp³-hybridized carbons (Fsp3) is 0.333. The van der Waals surface area contributed by atoms with Crippen LogP contribution in [0.25, 0.3) is 0 Å². The van der Waals surface area contributed by atoms with E-state index in [1.54, 1.807) is 12.3 Å². The third kappa shape index (κ3) is 4.13. The van der Waals surface area contributed by atoms with Crippen molar-refractivity contribution in [3.8, 4) is 6.07 Å². The van der Waals surface area contributed by atoms with Crippen molar-refractivity contribution < 1.29 is 4.39 Å². The maximum Gasteiger partial charge on any atom is 0.146 e. The molecule has 0 atom stereocenters. The van der Waals surface area contributed by atoms with Gasteiger partial charge in [-0.2, -0.15) is 5.26 Å². The van der Waals surface area contributed by atoms with Gasteiger partial charge in [0.1, 0.15) is 5.82 Å². The molecule has 0 spiro atoms. The normalized spacial score (nSPS) is 16.2. The Bertz CT molecular complexity index is 685. The summed E-state index contributed by atoms with van der Waals surface area (Å²) in [5.41, 5.74) is 2.43. The van der Waals surface area contributed by atoms with Gasteiger partial charge in [0.15, 0.2) is 0 Å². The molecular weight excluding hydrogens is 291 g/mol. The number of nitrogens with zero attached hydrogens (tertiary/aromatic N) is 4. The van der Waals surface area contributed by atoms with Crippen molar-refractivity contribution in [3.05, 3.63) is 65.2 Å². The van der Waals surface area contributed by atoms with E-state index in [2.05, 4.69) is 20.9 Å². The van der Waals surface area contributed by atoms with Crippen molar-refractivity contribution in [3.63, 3.8) is 0 Å². The van der Waals surface area contributed by atoms with Crippen LogP contribution >= 0.6 is 0 Å². The van der Waals surface area contributed by atoms with Gasteiger partial charge in [0, 0.05) is 45.5 Å². The number of pyridine rings is 1. The van der Waals surface area contributed by atoms with Crippen LogP contribution in [-0.2, 0) is 13.1 Å². The monoisotopic (exact) mass is 310 g/mol. The lowest BCUT2D eigenvalue weighted by atomic mass is 10.1. The summed E-state index contributed by atoms with van der Waals surface area (Å²) in [5.74, 6) is -0.229. The summed E-state index contributed by atoms with van der Waals surface area (Å²) in [7, 11) is 0. The molecule has 0 amide bonds. The van der Waals surface area contributed by atoms with E-state index in [4.69, 9.17) is 5.26 Å². The van der Waals surface area contributed by atoms with E-state index in [0.717, 1.165) is 32.7 Å². The van der Waals surface area contributed by atoms with Gasteiger partial charge in [-0.1, -0.05) is 12.1 Å². The summed E-state index contributed by atoms with van der Waals surface area (Å²) in [6.07, 6.45) is 1.64. The number of hydrogen-bond donors (Lipinski definition) is 0. The Morgan fingerprint density at radius 1 is 1.00 bits per heavy atom. The predicted octanol–water partition coefficient (Wildman–Crippen LogP) is 2.41. The molecule has 2 aromatic rings. The highest BCUT2D eigenvalue weighted by Crippen LogP contribution is 2.12. The van der Waals surface area contributed by atoms with Crippen molar-refractivity contribution in [2.24, 2.45) is 0 Å². The molecule has 0 bridgehead atoms. The average Bonchev–Trinajstić information content (AvgIpc) is 2.59. The minimum Gasteiger partial charge on any atom is -0.297 e. The first kappa shape index (κ1) is 15.6. The Morgan fingerprint density at radius 3 is 2.26 bits per heavy atom. The van der Waals surface area contributed by atoms with Gasteiger partial charge < -0.3 is 0 Å². The quantitative estimate of drug-likeness (QED) is 0.870. The molecule has 1 saturated heterocycles. The van der Waals surface area contributed by atoms with Crippen LogP contribution in [0.2, 0.25) is 0 Å². The van der Waals surface area contributed by atoms with Crippen molar-refractivity contribution in [1.82, 2.24) is 14.8 Å². The van der Waals surface area contributed by atoms with Crippen molar-refractivity contribution in [1.29, 1.82) is 5.26 Å². The number of piperazine rings is 1. The number of nitriles is 1. The van der Waals surface area contributed by atoms with Crippen LogP contribution < -0.4 is 0 Å². The number of halogens is 1. The number of hydrogen-bond acceptors (Lipinski definition) is 4. The van der Waals surface area contributed by atoms with E-state index in [0.29, 0.717) is 17.8 Å². The van der Waals surface area contributed by atoms with E-state index < -0.39 is 0 Å². The molecule has 1 aliphatic heterocycles. The number of benzene rings is 1. The molecule has 1 fully saturated rings. The largest absolute Gasteiger partial charge is 0.297 e. The van der Waals surface area contributed by atoms with E-state index in [1.807, 2.05) is 24.3 Å². The first-order chi connectivity index (χ1) is 11.2. The standard InChI is InChI=1S/C18H19FN4/c19-17-2-1-7-21-18(17)14-23-10-8-22(9-11-23)13-16-5-3-15(12-20)4-6-16/h1-7H,8-11,13-14H2. The first-order valence-corrected chi connectivity index (χ1v) is 7.78. The summed E-state index contributed by atoms with van der Waals surface area (Å²) < 4.78 is 13.6. The van der Waals surface area contributed by atoms with Gasteiger partial charge in [0.25, 0.3) is 0 Å². The van der Waals surface area contributed by atoms with Crippen LogP contribution in [0.1, 0.15) is 16.8 Å². The van der Waals surface area contributed by atoms with Gasteiger partial charge in [0.2, 0.25) is 0 Å². The van der Waals surface area contributed by atoms with Gasteiger partial charge in [-0.3, -0.25) is 14.8 Å². The van der Waals surface area contributed by atoms with Crippen LogP contribution in [0.5, 0.6) is 0 Å². The zero-order valence-electron chi connectivity index (χ0n) is 13.0. The molecule has 3 rings (SSSR count). The molecule has 1 aromatic carbocycles. The van der Waals surface area contributed by atoms with Crippen molar-refractivity contribution in [2.75, 3.05) is 26.2 Å². The molecule has 5 heteroatoms. The topological polar surface area (TPSA) is 43.2 Å². The molecule has 0 N–H and O–H groups in total. The maximum atomic E-state index is 13.6. The molecule has 1 aliphatic rings.